The van der Waals surface area contributed by atoms with Crippen molar-refractivity contribution in [1.82, 2.24) is 0 Å². The van der Waals surface area contributed by atoms with Gasteiger partial charge in [-0.1, -0.05) is 104 Å². The highest BCUT2D eigenvalue weighted by Crippen LogP contribution is 2.66. The van der Waals surface area contributed by atoms with E-state index in [0.29, 0.717) is 0 Å². The summed E-state index contributed by atoms with van der Waals surface area (Å²) in [6.45, 7) is 2.20. The normalized spacial score (nSPS) is 15.9. The molecule has 0 saturated heterocycles. The minimum absolute atomic E-state index is 0.205. The standard InChI is InChI=1S/C30H24O2/c1-3-29(24-16-8-4-12-20(24)21-13-5-9-17-25(21)29)30(28(31)32-2)26-18-10-6-14-22(26)23-15-7-11-19-27(23)30/h4-19H,3H2,1-2H3. The minimum Gasteiger partial charge on any atom is -0.468 e. The molecule has 0 aromatic heterocycles. The number of esters is 1. The molecule has 156 valence electrons. The van der Waals surface area contributed by atoms with Gasteiger partial charge in [0.05, 0.1) is 7.11 Å². The molecule has 2 nitrogen and oxygen atoms in total. The van der Waals surface area contributed by atoms with Crippen LogP contribution in [-0.4, -0.2) is 13.1 Å². The maximum atomic E-state index is 14.2. The van der Waals surface area contributed by atoms with Crippen LogP contribution in [0.25, 0.3) is 22.3 Å². The summed E-state index contributed by atoms with van der Waals surface area (Å²) < 4.78 is 5.68. The van der Waals surface area contributed by atoms with Gasteiger partial charge in [0.2, 0.25) is 0 Å². The van der Waals surface area contributed by atoms with Gasteiger partial charge in [-0.2, -0.15) is 0 Å². The first-order chi connectivity index (χ1) is 15.7. The Bertz CT molecular complexity index is 1290. The van der Waals surface area contributed by atoms with E-state index in [1.807, 2.05) is 12.1 Å². The van der Waals surface area contributed by atoms with Crippen LogP contribution in [0.4, 0.5) is 0 Å². The molecule has 0 heterocycles. The molecular formula is C30H24O2. The molecule has 0 saturated carbocycles. The van der Waals surface area contributed by atoms with Gasteiger partial charge in [0.25, 0.3) is 0 Å². The monoisotopic (exact) mass is 416 g/mol. The van der Waals surface area contributed by atoms with Gasteiger partial charge in [-0.25, -0.2) is 0 Å². The molecular weight excluding hydrogens is 392 g/mol. The molecule has 6 rings (SSSR count). The van der Waals surface area contributed by atoms with Crippen LogP contribution in [0, 0.1) is 0 Å². The summed E-state index contributed by atoms with van der Waals surface area (Å²) in [4.78, 5) is 14.2. The van der Waals surface area contributed by atoms with Crippen molar-refractivity contribution in [3.8, 4) is 22.3 Å². The number of hydrogen-bond acceptors (Lipinski definition) is 2. The summed E-state index contributed by atoms with van der Waals surface area (Å²) in [7, 11) is 1.52. The van der Waals surface area contributed by atoms with Crippen LogP contribution in [0.5, 0.6) is 0 Å². The third kappa shape index (κ3) is 1.99. The Balaban J connectivity index is 1.86. The second-order valence-corrected chi connectivity index (χ2v) is 8.68. The van der Waals surface area contributed by atoms with Crippen molar-refractivity contribution >= 4 is 5.97 Å². The Labute approximate surface area is 188 Å². The predicted octanol–water partition coefficient (Wildman–Crippen LogP) is 6.50. The van der Waals surface area contributed by atoms with Crippen LogP contribution < -0.4 is 0 Å². The van der Waals surface area contributed by atoms with E-state index in [-0.39, 0.29) is 5.97 Å². The van der Waals surface area contributed by atoms with Crippen molar-refractivity contribution in [2.24, 2.45) is 0 Å². The van der Waals surface area contributed by atoms with Gasteiger partial charge in [0.1, 0.15) is 5.41 Å². The van der Waals surface area contributed by atoms with Gasteiger partial charge < -0.3 is 4.74 Å². The Morgan fingerprint density at radius 1 is 0.625 bits per heavy atom. The van der Waals surface area contributed by atoms with Crippen LogP contribution in [0.15, 0.2) is 97.1 Å². The molecule has 0 bridgehead atoms. The lowest BCUT2D eigenvalue weighted by Crippen LogP contribution is -2.54. The summed E-state index contributed by atoms with van der Waals surface area (Å²) in [5.41, 5.74) is 7.52. The van der Waals surface area contributed by atoms with E-state index in [2.05, 4.69) is 91.9 Å². The van der Waals surface area contributed by atoms with Crippen molar-refractivity contribution in [2.45, 2.75) is 24.2 Å². The molecule has 2 aliphatic rings. The summed E-state index contributed by atoms with van der Waals surface area (Å²) in [5, 5.41) is 0. The van der Waals surface area contributed by atoms with E-state index in [1.165, 1.54) is 29.4 Å². The van der Waals surface area contributed by atoms with E-state index in [9.17, 15) is 4.79 Å². The number of methoxy groups -OCH3 is 1. The highest BCUT2D eigenvalue weighted by atomic mass is 16.5. The van der Waals surface area contributed by atoms with Gasteiger partial charge >= 0.3 is 5.97 Å². The van der Waals surface area contributed by atoms with Gasteiger partial charge in [-0.15, -0.1) is 0 Å². The largest absolute Gasteiger partial charge is 0.468 e. The van der Waals surface area contributed by atoms with Crippen LogP contribution >= 0.6 is 0 Å². The van der Waals surface area contributed by atoms with E-state index in [1.54, 1.807) is 0 Å². The lowest BCUT2D eigenvalue weighted by Gasteiger charge is -2.47. The van der Waals surface area contributed by atoms with Crippen LogP contribution in [0.1, 0.15) is 35.6 Å². The molecule has 4 aromatic rings. The van der Waals surface area contributed by atoms with Crippen LogP contribution in [0.3, 0.4) is 0 Å². The number of carbonyl (C=O) groups is 1. The first-order valence-electron chi connectivity index (χ1n) is 11.2. The van der Waals surface area contributed by atoms with Gasteiger partial charge in [-0.3, -0.25) is 4.79 Å². The number of carbonyl (C=O) groups excluding carboxylic acids is 1. The first-order valence-corrected chi connectivity index (χ1v) is 11.2. The quantitative estimate of drug-likeness (QED) is 0.356. The Morgan fingerprint density at radius 3 is 1.34 bits per heavy atom. The maximum Gasteiger partial charge on any atom is 0.322 e. The second kappa shape index (κ2) is 6.67. The highest BCUT2D eigenvalue weighted by molar-refractivity contribution is 6.03. The van der Waals surface area contributed by atoms with Crippen molar-refractivity contribution in [3.63, 3.8) is 0 Å². The topological polar surface area (TPSA) is 26.3 Å². The molecule has 0 radical (unpaired) electrons. The Kier molecular flexibility index (Phi) is 3.98. The molecule has 0 spiro atoms. The van der Waals surface area contributed by atoms with Crippen molar-refractivity contribution in [2.75, 3.05) is 7.11 Å². The molecule has 2 heteroatoms. The molecule has 32 heavy (non-hydrogen) atoms. The third-order valence-corrected chi connectivity index (χ3v) is 7.68. The number of rotatable bonds is 3. The molecule has 2 aliphatic carbocycles. The molecule has 0 aliphatic heterocycles. The molecule has 0 amide bonds. The number of ether oxygens (including phenoxy) is 1. The molecule has 0 N–H and O–H groups in total. The summed E-state index contributed by atoms with van der Waals surface area (Å²) in [6.07, 6.45) is 0.763. The Morgan fingerprint density at radius 2 is 0.969 bits per heavy atom. The minimum atomic E-state index is -0.980. The lowest BCUT2D eigenvalue weighted by atomic mass is 9.53. The summed E-state index contributed by atoms with van der Waals surface area (Å²) in [6, 6.07) is 33.8. The molecule has 4 aromatic carbocycles. The second-order valence-electron chi connectivity index (χ2n) is 8.68. The van der Waals surface area contributed by atoms with Gasteiger partial charge in [0, 0.05) is 5.41 Å². The van der Waals surface area contributed by atoms with Crippen LogP contribution in [0.2, 0.25) is 0 Å². The van der Waals surface area contributed by atoms with Crippen molar-refractivity contribution < 1.29 is 9.53 Å². The Hall–Kier alpha value is -3.65. The fraction of sp³-hybridized carbons (Fsp3) is 0.167. The molecule has 0 fully saturated rings. The fourth-order valence-corrected chi connectivity index (χ4v) is 6.62. The summed E-state index contributed by atoms with van der Waals surface area (Å²) in [5.74, 6) is -0.205. The SMILES string of the molecule is CCC1(C2(C(=O)OC)c3ccccc3-c3ccccc32)c2ccccc2-c2ccccc21. The highest BCUT2D eigenvalue weighted by Gasteiger charge is 2.66. The zero-order valence-corrected chi connectivity index (χ0v) is 18.3. The third-order valence-electron chi connectivity index (χ3n) is 7.68. The van der Waals surface area contributed by atoms with Crippen molar-refractivity contribution in [3.05, 3.63) is 119 Å². The zero-order valence-electron chi connectivity index (χ0n) is 18.3. The molecule has 0 atom stereocenters. The van der Waals surface area contributed by atoms with Crippen LogP contribution in [-0.2, 0) is 20.4 Å². The number of benzene rings is 4. The predicted molar refractivity (Wildman–Crippen MR) is 128 cm³/mol. The number of fused-ring (bicyclic) bond motifs is 6. The number of hydrogen-bond donors (Lipinski definition) is 0. The summed E-state index contributed by atoms with van der Waals surface area (Å²) >= 11 is 0. The molecule has 0 unspecified atom stereocenters. The van der Waals surface area contributed by atoms with Gasteiger partial charge in [0.15, 0.2) is 0 Å². The van der Waals surface area contributed by atoms with Gasteiger partial charge in [-0.05, 0) is 50.9 Å². The van der Waals surface area contributed by atoms with Crippen molar-refractivity contribution in [1.29, 1.82) is 0 Å². The average molecular weight is 417 g/mol. The van der Waals surface area contributed by atoms with E-state index in [0.717, 1.165) is 28.7 Å². The maximum absolute atomic E-state index is 14.2. The fourth-order valence-electron chi connectivity index (χ4n) is 6.62. The van der Waals surface area contributed by atoms with E-state index >= 15 is 0 Å². The zero-order chi connectivity index (χ0) is 21.9. The lowest BCUT2D eigenvalue weighted by molar-refractivity contribution is -0.148. The first kappa shape index (κ1) is 19.1. The average Bonchev–Trinajstić information content (AvgIpc) is 3.33. The van der Waals surface area contributed by atoms with E-state index in [4.69, 9.17) is 4.74 Å². The van der Waals surface area contributed by atoms with E-state index < -0.39 is 10.8 Å². The smallest absolute Gasteiger partial charge is 0.322 e.